The normalized spacial score (nSPS) is 10.3. The van der Waals surface area contributed by atoms with Crippen LogP contribution in [0, 0.1) is 5.92 Å². The van der Waals surface area contributed by atoms with Crippen molar-refractivity contribution >= 4 is 52.1 Å². The number of hydrogen-bond acceptors (Lipinski definition) is 2. The minimum absolute atomic E-state index is 0.134. The van der Waals surface area contributed by atoms with E-state index in [2.05, 4.69) is 10.6 Å². The van der Waals surface area contributed by atoms with Crippen molar-refractivity contribution in [1.29, 1.82) is 0 Å². The van der Waals surface area contributed by atoms with E-state index in [9.17, 15) is 4.79 Å². The number of anilines is 1. The molecular weight excluding hydrogens is 291 g/mol. The van der Waals surface area contributed by atoms with E-state index in [0.29, 0.717) is 22.2 Å². The minimum Gasteiger partial charge on any atom is -0.330 e. The number of para-hydroxylation sites is 1. The predicted octanol–water partition coefficient (Wildman–Crippen LogP) is 3.85. The fraction of sp³-hybridized carbons (Fsp3) is 0.333. The molecule has 98 valence electrons. The van der Waals surface area contributed by atoms with Gasteiger partial charge in [-0.3, -0.25) is 4.79 Å². The lowest BCUT2D eigenvalue weighted by Gasteiger charge is -2.12. The predicted molar refractivity (Wildman–Crippen MR) is 80.3 cm³/mol. The summed E-state index contributed by atoms with van der Waals surface area (Å²) < 4.78 is 0. The first-order valence-electron chi connectivity index (χ1n) is 5.45. The van der Waals surface area contributed by atoms with Crippen LogP contribution in [0.25, 0.3) is 0 Å². The van der Waals surface area contributed by atoms with Crippen LogP contribution in [0.1, 0.15) is 20.3 Å². The number of benzene rings is 1. The number of rotatable bonds is 3. The van der Waals surface area contributed by atoms with Gasteiger partial charge >= 0.3 is 0 Å². The molecule has 0 bridgehead atoms. The van der Waals surface area contributed by atoms with E-state index < -0.39 is 0 Å². The van der Waals surface area contributed by atoms with Gasteiger partial charge in [0.05, 0.1) is 15.7 Å². The summed E-state index contributed by atoms with van der Waals surface area (Å²) in [5.41, 5.74) is 0.496. The van der Waals surface area contributed by atoms with Crippen molar-refractivity contribution in [1.82, 2.24) is 5.32 Å². The van der Waals surface area contributed by atoms with Crippen molar-refractivity contribution in [2.75, 3.05) is 5.32 Å². The molecule has 1 aromatic rings. The van der Waals surface area contributed by atoms with Crippen LogP contribution in [0.3, 0.4) is 0 Å². The van der Waals surface area contributed by atoms with Gasteiger partial charge in [0.1, 0.15) is 0 Å². The van der Waals surface area contributed by atoms with Crippen molar-refractivity contribution in [2.24, 2.45) is 5.92 Å². The third-order valence-electron chi connectivity index (χ3n) is 2.05. The monoisotopic (exact) mass is 304 g/mol. The van der Waals surface area contributed by atoms with Crippen LogP contribution < -0.4 is 10.6 Å². The van der Waals surface area contributed by atoms with Crippen LogP contribution in [0.4, 0.5) is 5.69 Å². The fourth-order valence-electron chi connectivity index (χ4n) is 1.31. The zero-order valence-electron chi connectivity index (χ0n) is 10.1. The molecule has 0 aliphatic carbocycles. The third-order valence-corrected chi connectivity index (χ3v) is 2.88. The van der Waals surface area contributed by atoms with Crippen molar-refractivity contribution in [3.05, 3.63) is 28.2 Å². The maximum atomic E-state index is 11.5. The second kappa shape index (κ2) is 6.92. The zero-order chi connectivity index (χ0) is 13.7. The molecule has 1 rings (SSSR count). The molecule has 1 aromatic carbocycles. The van der Waals surface area contributed by atoms with Crippen LogP contribution in [-0.4, -0.2) is 11.0 Å². The first kappa shape index (κ1) is 15.2. The molecule has 1 amide bonds. The molecule has 0 aromatic heterocycles. The SMILES string of the molecule is CC(C)CC(=O)NC(=S)Nc1c(Cl)cccc1Cl. The highest BCUT2D eigenvalue weighted by molar-refractivity contribution is 7.80. The Bertz CT molecular complexity index is 443. The van der Waals surface area contributed by atoms with Gasteiger partial charge in [0, 0.05) is 6.42 Å². The van der Waals surface area contributed by atoms with Crippen LogP contribution >= 0.6 is 35.4 Å². The number of hydrogen-bond donors (Lipinski definition) is 2. The van der Waals surface area contributed by atoms with Gasteiger partial charge in [-0.05, 0) is 30.3 Å². The molecule has 0 saturated carbocycles. The van der Waals surface area contributed by atoms with Gasteiger partial charge in [-0.25, -0.2) is 0 Å². The topological polar surface area (TPSA) is 41.1 Å². The summed E-state index contributed by atoms with van der Waals surface area (Å²) in [7, 11) is 0. The lowest BCUT2D eigenvalue weighted by atomic mass is 10.1. The molecular formula is C12H14Cl2N2OS. The molecule has 0 fully saturated rings. The zero-order valence-corrected chi connectivity index (χ0v) is 12.4. The standard InChI is InChI=1S/C12H14Cl2N2OS/c1-7(2)6-10(17)15-12(18)16-11-8(13)4-3-5-9(11)14/h3-5,7H,6H2,1-2H3,(H2,15,16,17,18). The molecule has 0 atom stereocenters. The Morgan fingerprint density at radius 1 is 1.33 bits per heavy atom. The summed E-state index contributed by atoms with van der Waals surface area (Å²) in [4.78, 5) is 11.5. The summed E-state index contributed by atoms with van der Waals surface area (Å²) >= 11 is 17.0. The average Bonchev–Trinajstić information content (AvgIpc) is 2.22. The van der Waals surface area contributed by atoms with Gasteiger partial charge in [0.2, 0.25) is 5.91 Å². The molecule has 0 aliphatic rings. The van der Waals surface area contributed by atoms with Crippen molar-refractivity contribution < 1.29 is 4.79 Å². The van der Waals surface area contributed by atoms with E-state index in [0.717, 1.165) is 0 Å². The summed E-state index contributed by atoms with van der Waals surface area (Å²) in [6, 6.07) is 5.11. The second-order valence-electron chi connectivity index (χ2n) is 4.20. The Morgan fingerprint density at radius 2 is 1.89 bits per heavy atom. The number of amides is 1. The molecule has 6 heteroatoms. The second-order valence-corrected chi connectivity index (χ2v) is 5.42. The van der Waals surface area contributed by atoms with Crippen molar-refractivity contribution in [3.8, 4) is 0 Å². The Kier molecular flexibility index (Phi) is 5.85. The van der Waals surface area contributed by atoms with E-state index in [1.807, 2.05) is 13.8 Å². The number of halogens is 2. The molecule has 0 spiro atoms. The van der Waals surface area contributed by atoms with E-state index in [4.69, 9.17) is 35.4 Å². The van der Waals surface area contributed by atoms with Gasteiger partial charge in [0.15, 0.2) is 5.11 Å². The summed E-state index contributed by atoms with van der Waals surface area (Å²) in [6.45, 7) is 3.92. The van der Waals surface area contributed by atoms with E-state index in [1.165, 1.54) is 0 Å². The van der Waals surface area contributed by atoms with Gasteiger partial charge in [-0.15, -0.1) is 0 Å². The van der Waals surface area contributed by atoms with Crippen LogP contribution in [-0.2, 0) is 4.79 Å². The average molecular weight is 305 g/mol. The number of nitrogens with one attached hydrogen (secondary N) is 2. The Labute approximate surface area is 122 Å². The maximum absolute atomic E-state index is 11.5. The van der Waals surface area contributed by atoms with Gasteiger partial charge in [-0.1, -0.05) is 43.1 Å². The molecule has 0 unspecified atom stereocenters. The molecule has 0 aliphatic heterocycles. The largest absolute Gasteiger partial charge is 0.330 e. The van der Waals surface area contributed by atoms with E-state index in [1.54, 1.807) is 18.2 Å². The molecule has 3 nitrogen and oxygen atoms in total. The van der Waals surface area contributed by atoms with Crippen molar-refractivity contribution in [3.63, 3.8) is 0 Å². The summed E-state index contributed by atoms with van der Waals surface area (Å²) in [6.07, 6.45) is 0.415. The smallest absolute Gasteiger partial charge is 0.226 e. The summed E-state index contributed by atoms with van der Waals surface area (Å²) in [5.74, 6) is 0.141. The Balaban J connectivity index is 2.63. The molecule has 0 saturated heterocycles. The third kappa shape index (κ3) is 4.80. The van der Waals surface area contributed by atoms with Crippen LogP contribution in [0.2, 0.25) is 10.0 Å². The van der Waals surface area contributed by atoms with E-state index >= 15 is 0 Å². The first-order chi connectivity index (χ1) is 8.40. The van der Waals surface area contributed by atoms with Gasteiger partial charge in [-0.2, -0.15) is 0 Å². The lowest BCUT2D eigenvalue weighted by Crippen LogP contribution is -2.34. The number of carbonyl (C=O) groups excluding carboxylic acids is 1. The number of thiocarbonyl (C=S) groups is 1. The van der Waals surface area contributed by atoms with E-state index in [-0.39, 0.29) is 16.9 Å². The molecule has 0 heterocycles. The molecule has 2 N–H and O–H groups in total. The Morgan fingerprint density at radius 3 is 2.39 bits per heavy atom. The van der Waals surface area contributed by atoms with Crippen molar-refractivity contribution in [2.45, 2.75) is 20.3 Å². The van der Waals surface area contributed by atoms with Crippen LogP contribution in [0.5, 0.6) is 0 Å². The first-order valence-corrected chi connectivity index (χ1v) is 6.61. The molecule has 18 heavy (non-hydrogen) atoms. The highest BCUT2D eigenvalue weighted by Crippen LogP contribution is 2.29. The Hall–Kier alpha value is -0.840. The molecule has 0 radical (unpaired) electrons. The highest BCUT2D eigenvalue weighted by Gasteiger charge is 2.10. The van der Waals surface area contributed by atoms with Gasteiger partial charge in [0.25, 0.3) is 0 Å². The fourth-order valence-corrected chi connectivity index (χ4v) is 2.02. The van der Waals surface area contributed by atoms with Crippen LogP contribution in [0.15, 0.2) is 18.2 Å². The minimum atomic E-state index is -0.134. The van der Waals surface area contributed by atoms with Gasteiger partial charge < -0.3 is 10.6 Å². The number of carbonyl (C=O) groups is 1. The highest BCUT2D eigenvalue weighted by atomic mass is 35.5. The quantitative estimate of drug-likeness (QED) is 0.833. The lowest BCUT2D eigenvalue weighted by molar-refractivity contribution is -0.120. The maximum Gasteiger partial charge on any atom is 0.226 e. The summed E-state index contributed by atoms with van der Waals surface area (Å²) in [5, 5.41) is 6.48.